The van der Waals surface area contributed by atoms with Crippen LogP contribution in [0.1, 0.15) is 10.4 Å². The number of hydrogen-bond donors (Lipinski definition) is 2. The van der Waals surface area contributed by atoms with Gasteiger partial charge in [-0.3, -0.25) is 0 Å². The van der Waals surface area contributed by atoms with Crippen molar-refractivity contribution in [3.63, 3.8) is 0 Å². The van der Waals surface area contributed by atoms with E-state index in [0.29, 0.717) is 5.82 Å². The fraction of sp³-hybridized carbons (Fsp3) is 0.200. The Morgan fingerprint density at radius 2 is 1.61 bits per heavy atom. The predicted octanol–water partition coefficient (Wildman–Crippen LogP) is 2.64. The summed E-state index contributed by atoms with van der Waals surface area (Å²) in [5, 5.41) is 12.2. The second-order valence-electron chi connectivity index (χ2n) is 6.43. The Hall–Kier alpha value is -3.68. The molecule has 1 aromatic carbocycles. The van der Waals surface area contributed by atoms with Gasteiger partial charge in [-0.2, -0.15) is 0 Å². The highest BCUT2D eigenvalue weighted by molar-refractivity contribution is 5.88. The van der Waals surface area contributed by atoms with Crippen molar-refractivity contribution in [1.82, 2.24) is 15.0 Å². The summed E-state index contributed by atoms with van der Waals surface area (Å²) in [4.78, 5) is 28.5. The summed E-state index contributed by atoms with van der Waals surface area (Å²) in [5.41, 5.74) is 1.02. The third-order valence-electron chi connectivity index (χ3n) is 4.63. The van der Waals surface area contributed by atoms with Gasteiger partial charge in [-0.15, -0.1) is 0 Å². The summed E-state index contributed by atoms with van der Waals surface area (Å²) in [5.74, 6) is 1.58. The van der Waals surface area contributed by atoms with Gasteiger partial charge in [0.05, 0.1) is 5.56 Å². The molecule has 0 radical (unpaired) electrons. The third kappa shape index (κ3) is 4.01. The number of aromatic carboxylic acids is 1. The third-order valence-corrected chi connectivity index (χ3v) is 4.63. The molecule has 0 amide bonds. The van der Waals surface area contributed by atoms with Crippen LogP contribution in [0.4, 0.5) is 23.1 Å². The highest BCUT2D eigenvalue weighted by atomic mass is 16.4. The molecule has 1 aliphatic heterocycles. The summed E-state index contributed by atoms with van der Waals surface area (Å²) in [6.07, 6.45) is 3.35. The summed E-state index contributed by atoms with van der Waals surface area (Å²) in [7, 11) is 0. The van der Waals surface area contributed by atoms with Crippen LogP contribution in [0.15, 0.2) is 61.1 Å². The van der Waals surface area contributed by atoms with E-state index in [-0.39, 0.29) is 5.56 Å². The molecule has 0 atom stereocenters. The fourth-order valence-electron chi connectivity index (χ4n) is 3.14. The van der Waals surface area contributed by atoms with E-state index in [4.69, 9.17) is 5.11 Å². The molecule has 8 nitrogen and oxygen atoms in total. The maximum absolute atomic E-state index is 11.0. The highest BCUT2D eigenvalue weighted by Gasteiger charge is 2.19. The van der Waals surface area contributed by atoms with E-state index in [1.54, 1.807) is 24.3 Å². The number of hydrogen-bond acceptors (Lipinski definition) is 7. The molecular formula is C20H20N6O2. The van der Waals surface area contributed by atoms with E-state index < -0.39 is 5.97 Å². The molecule has 142 valence electrons. The van der Waals surface area contributed by atoms with Crippen LogP contribution in [-0.4, -0.2) is 52.2 Å². The first-order chi connectivity index (χ1) is 13.7. The lowest BCUT2D eigenvalue weighted by atomic mass is 10.2. The molecule has 1 saturated heterocycles. The standard InChI is InChI=1S/C20H20N6O2/c27-20(28)15-4-6-16(7-5-15)24-17-13-19(23-14-22-17)26-11-9-25(10-12-26)18-3-1-2-8-21-18/h1-8,13-14H,9-12H2,(H,27,28)(H,22,23,24). The molecule has 0 saturated carbocycles. The molecule has 0 unspecified atom stereocenters. The van der Waals surface area contributed by atoms with Crippen LogP contribution in [0.25, 0.3) is 0 Å². The monoisotopic (exact) mass is 376 g/mol. The van der Waals surface area contributed by atoms with Crippen LogP contribution < -0.4 is 15.1 Å². The Bertz CT molecular complexity index is 940. The highest BCUT2D eigenvalue weighted by Crippen LogP contribution is 2.21. The Labute approximate surface area is 162 Å². The van der Waals surface area contributed by atoms with Crippen LogP contribution in [0.3, 0.4) is 0 Å². The largest absolute Gasteiger partial charge is 0.478 e. The van der Waals surface area contributed by atoms with Gasteiger partial charge >= 0.3 is 5.97 Å². The van der Waals surface area contributed by atoms with E-state index in [0.717, 1.165) is 43.5 Å². The normalized spacial score (nSPS) is 14.0. The maximum atomic E-state index is 11.0. The summed E-state index contributed by atoms with van der Waals surface area (Å²) in [6, 6.07) is 14.4. The molecule has 0 aliphatic carbocycles. The number of aromatic nitrogens is 3. The SMILES string of the molecule is O=C(O)c1ccc(Nc2cc(N3CCN(c4ccccn4)CC3)ncn2)cc1. The summed E-state index contributed by atoms with van der Waals surface area (Å²) in [6.45, 7) is 3.45. The van der Waals surface area contributed by atoms with Gasteiger partial charge in [-0.05, 0) is 36.4 Å². The van der Waals surface area contributed by atoms with Crippen molar-refractivity contribution in [2.24, 2.45) is 0 Å². The molecule has 0 spiro atoms. The number of nitrogens with one attached hydrogen (secondary N) is 1. The number of pyridine rings is 1. The zero-order chi connectivity index (χ0) is 19.3. The minimum atomic E-state index is -0.944. The van der Waals surface area contributed by atoms with E-state index in [1.807, 2.05) is 30.5 Å². The fourth-order valence-corrected chi connectivity index (χ4v) is 3.14. The van der Waals surface area contributed by atoms with Gasteiger partial charge in [-0.25, -0.2) is 19.7 Å². The van der Waals surface area contributed by atoms with Crippen LogP contribution in [0.2, 0.25) is 0 Å². The topological polar surface area (TPSA) is 94.5 Å². The van der Waals surface area contributed by atoms with Crippen molar-refractivity contribution in [1.29, 1.82) is 0 Å². The van der Waals surface area contributed by atoms with Crippen LogP contribution in [-0.2, 0) is 0 Å². The number of piperazine rings is 1. The van der Waals surface area contributed by atoms with Gasteiger partial charge in [-0.1, -0.05) is 6.07 Å². The molecule has 8 heteroatoms. The van der Waals surface area contributed by atoms with Crippen molar-refractivity contribution in [3.8, 4) is 0 Å². The lowest BCUT2D eigenvalue weighted by Gasteiger charge is -2.36. The smallest absolute Gasteiger partial charge is 0.335 e. The van der Waals surface area contributed by atoms with E-state index >= 15 is 0 Å². The minimum absolute atomic E-state index is 0.250. The van der Waals surface area contributed by atoms with Gasteiger partial charge < -0.3 is 20.2 Å². The van der Waals surface area contributed by atoms with E-state index in [1.165, 1.54) is 6.33 Å². The van der Waals surface area contributed by atoms with Crippen molar-refractivity contribution >= 4 is 29.1 Å². The first-order valence-electron chi connectivity index (χ1n) is 9.02. The Morgan fingerprint density at radius 1 is 0.893 bits per heavy atom. The maximum Gasteiger partial charge on any atom is 0.335 e. The van der Waals surface area contributed by atoms with Crippen molar-refractivity contribution in [2.75, 3.05) is 41.3 Å². The molecule has 3 heterocycles. The van der Waals surface area contributed by atoms with Gasteiger partial charge in [0.25, 0.3) is 0 Å². The molecule has 1 aliphatic rings. The van der Waals surface area contributed by atoms with Crippen LogP contribution in [0, 0.1) is 0 Å². The quantitative estimate of drug-likeness (QED) is 0.702. The molecule has 1 fully saturated rings. The van der Waals surface area contributed by atoms with Crippen LogP contribution in [0.5, 0.6) is 0 Å². The molecule has 3 aromatic rings. The van der Waals surface area contributed by atoms with E-state index in [2.05, 4.69) is 30.1 Å². The van der Waals surface area contributed by atoms with Crippen LogP contribution >= 0.6 is 0 Å². The molecule has 0 bridgehead atoms. The minimum Gasteiger partial charge on any atom is -0.478 e. The first-order valence-corrected chi connectivity index (χ1v) is 9.02. The molecule has 2 N–H and O–H groups in total. The Balaban J connectivity index is 1.41. The predicted molar refractivity (Wildman–Crippen MR) is 107 cm³/mol. The van der Waals surface area contributed by atoms with Crippen molar-refractivity contribution in [3.05, 3.63) is 66.6 Å². The lowest BCUT2D eigenvalue weighted by Crippen LogP contribution is -2.47. The van der Waals surface area contributed by atoms with Gasteiger partial charge in [0.1, 0.15) is 23.8 Å². The van der Waals surface area contributed by atoms with Gasteiger partial charge in [0, 0.05) is 44.1 Å². The zero-order valence-electron chi connectivity index (χ0n) is 15.2. The van der Waals surface area contributed by atoms with Crippen molar-refractivity contribution < 1.29 is 9.90 Å². The van der Waals surface area contributed by atoms with Gasteiger partial charge in [0.2, 0.25) is 0 Å². The number of carboxylic acids is 1. The summed E-state index contributed by atoms with van der Waals surface area (Å²) < 4.78 is 0. The number of anilines is 4. The summed E-state index contributed by atoms with van der Waals surface area (Å²) >= 11 is 0. The average Bonchev–Trinajstić information content (AvgIpc) is 2.75. The molecule has 2 aromatic heterocycles. The number of carboxylic acid groups (broad SMARTS) is 1. The Kier molecular flexibility index (Phi) is 5.01. The zero-order valence-corrected chi connectivity index (χ0v) is 15.2. The second kappa shape index (κ2) is 7.91. The first kappa shape index (κ1) is 17.7. The number of benzene rings is 1. The average molecular weight is 376 g/mol. The van der Waals surface area contributed by atoms with E-state index in [9.17, 15) is 4.79 Å². The van der Waals surface area contributed by atoms with Gasteiger partial charge in [0.15, 0.2) is 0 Å². The Morgan fingerprint density at radius 3 is 2.25 bits per heavy atom. The number of rotatable bonds is 5. The number of nitrogens with zero attached hydrogens (tertiary/aromatic N) is 5. The molecule has 28 heavy (non-hydrogen) atoms. The second-order valence-corrected chi connectivity index (χ2v) is 6.43. The molecule has 4 rings (SSSR count). The molecular weight excluding hydrogens is 356 g/mol. The lowest BCUT2D eigenvalue weighted by molar-refractivity contribution is 0.0697. The van der Waals surface area contributed by atoms with Crippen molar-refractivity contribution in [2.45, 2.75) is 0 Å². The number of carbonyl (C=O) groups is 1.